The van der Waals surface area contributed by atoms with Gasteiger partial charge in [-0.3, -0.25) is 4.79 Å². The number of halogens is 1. The smallest absolute Gasteiger partial charge is 0.286 e. The van der Waals surface area contributed by atoms with Crippen LogP contribution >= 0.6 is 22.9 Å². The summed E-state index contributed by atoms with van der Waals surface area (Å²) in [5.74, 6) is 0.119. The zero-order valence-electron chi connectivity index (χ0n) is 11.3. The van der Waals surface area contributed by atoms with E-state index in [1.807, 2.05) is 0 Å². The molecule has 1 aliphatic heterocycles. The first kappa shape index (κ1) is 14.4. The molecule has 1 aromatic heterocycles. The van der Waals surface area contributed by atoms with Crippen LogP contribution in [0, 0.1) is 0 Å². The highest BCUT2D eigenvalue weighted by Crippen LogP contribution is 2.26. The van der Waals surface area contributed by atoms with E-state index in [0.717, 1.165) is 30.9 Å². The monoisotopic (exact) mass is 322 g/mol. The van der Waals surface area contributed by atoms with Crippen LogP contribution in [-0.4, -0.2) is 29.2 Å². The van der Waals surface area contributed by atoms with Gasteiger partial charge in [-0.25, -0.2) is 0 Å². The number of aromatic nitrogens is 2. The number of nitrogens with one attached hydrogen (secondary N) is 2. The highest BCUT2D eigenvalue weighted by molar-refractivity contribution is 7.13. The highest BCUT2D eigenvalue weighted by atomic mass is 35.5. The van der Waals surface area contributed by atoms with Crippen molar-refractivity contribution in [3.05, 3.63) is 39.3 Å². The Labute approximate surface area is 131 Å². The van der Waals surface area contributed by atoms with Crippen molar-refractivity contribution < 1.29 is 4.79 Å². The minimum Gasteiger partial charge on any atom is -0.320 e. The number of hydrogen-bond acceptors (Lipinski definition) is 5. The van der Waals surface area contributed by atoms with Crippen LogP contribution in [0.5, 0.6) is 0 Å². The largest absolute Gasteiger partial charge is 0.320 e. The fourth-order valence-electron chi connectivity index (χ4n) is 2.30. The highest BCUT2D eigenvalue weighted by Gasteiger charge is 2.21. The van der Waals surface area contributed by atoms with Crippen molar-refractivity contribution in [1.29, 1.82) is 0 Å². The van der Waals surface area contributed by atoms with Crippen molar-refractivity contribution in [3.63, 3.8) is 0 Å². The topological polar surface area (TPSA) is 66.9 Å². The summed E-state index contributed by atoms with van der Waals surface area (Å²) in [7, 11) is 0. The molecule has 1 saturated heterocycles. The lowest BCUT2D eigenvalue weighted by molar-refractivity contribution is 0.102. The van der Waals surface area contributed by atoms with Crippen LogP contribution in [0.1, 0.15) is 33.6 Å². The molecule has 1 aromatic carbocycles. The second kappa shape index (κ2) is 6.51. The van der Waals surface area contributed by atoms with Crippen LogP contribution < -0.4 is 10.6 Å². The SMILES string of the molecule is O=C(Nc1cccc(Cl)c1)c1nnc([C@H]2CCCNC2)s1. The fraction of sp³-hybridized carbons (Fsp3) is 0.357. The predicted octanol–water partition coefficient (Wildman–Crippen LogP) is 2.91. The third kappa shape index (κ3) is 3.58. The van der Waals surface area contributed by atoms with Crippen LogP contribution in [0.25, 0.3) is 0 Å². The molecule has 0 radical (unpaired) electrons. The maximum atomic E-state index is 12.2. The number of hydrogen-bond donors (Lipinski definition) is 2. The van der Waals surface area contributed by atoms with Gasteiger partial charge in [0.1, 0.15) is 5.01 Å². The number of piperidine rings is 1. The van der Waals surface area contributed by atoms with E-state index in [-0.39, 0.29) is 5.91 Å². The molecule has 1 amide bonds. The van der Waals surface area contributed by atoms with Crippen LogP contribution in [0.15, 0.2) is 24.3 Å². The molecule has 0 unspecified atom stereocenters. The van der Waals surface area contributed by atoms with Crippen molar-refractivity contribution in [2.75, 3.05) is 18.4 Å². The summed E-state index contributed by atoms with van der Waals surface area (Å²) >= 11 is 7.26. The molecular formula is C14H15ClN4OS. The van der Waals surface area contributed by atoms with Crippen LogP contribution in [0.2, 0.25) is 5.02 Å². The third-order valence-electron chi connectivity index (χ3n) is 3.36. The van der Waals surface area contributed by atoms with Crippen LogP contribution in [0.4, 0.5) is 5.69 Å². The van der Waals surface area contributed by atoms with E-state index in [0.29, 0.717) is 21.6 Å². The number of nitrogens with zero attached hydrogens (tertiary/aromatic N) is 2. The summed E-state index contributed by atoms with van der Waals surface area (Å²) in [5.41, 5.74) is 0.656. The average Bonchev–Trinajstić information content (AvgIpc) is 2.98. The van der Waals surface area contributed by atoms with E-state index in [1.165, 1.54) is 11.3 Å². The lowest BCUT2D eigenvalue weighted by atomic mass is 10.0. The molecule has 1 fully saturated rings. The van der Waals surface area contributed by atoms with Crippen molar-refractivity contribution in [2.45, 2.75) is 18.8 Å². The molecule has 2 N–H and O–H groups in total. The molecule has 1 atom stereocenters. The van der Waals surface area contributed by atoms with Gasteiger partial charge in [-0.05, 0) is 37.6 Å². The third-order valence-corrected chi connectivity index (χ3v) is 4.68. The summed E-state index contributed by atoms with van der Waals surface area (Å²) in [6.45, 7) is 1.96. The lowest BCUT2D eigenvalue weighted by Crippen LogP contribution is -2.28. The van der Waals surface area contributed by atoms with Gasteiger partial charge in [0.05, 0.1) is 0 Å². The first-order valence-electron chi connectivity index (χ1n) is 6.83. The van der Waals surface area contributed by atoms with Gasteiger partial charge >= 0.3 is 0 Å². The Morgan fingerprint density at radius 2 is 2.33 bits per heavy atom. The summed E-state index contributed by atoms with van der Waals surface area (Å²) in [4.78, 5) is 12.2. The molecule has 0 spiro atoms. The van der Waals surface area contributed by atoms with E-state index in [1.54, 1.807) is 24.3 Å². The number of carbonyl (C=O) groups excluding carboxylic acids is 1. The summed E-state index contributed by atoms with van der Waals surface area (Å²) in [6.07, 6.45) is 2.23. The first-order valence-corrected chi connectivity index (χ1v) is 8.03. The van der Waals surface area contributed by atoms with Crippen LogP contribution in [0.3, 0.4) is 0 Å². The minimum atomic E-state index is -0.246. The number of anilines is 1. The van der Waals surface area contributed by atoms with E-state index in [4.69, 9.17) is 11.6 Å². The number of benzene rings is 1. The number of amides is 1. The summed E-state index contributed by atoms with van der Waals surface area (Å²) in [6, 6.07) is 7.04. The first-order chi connectivity index (χ1) is 10.2. The maximum Gasteiger partial charge on any atom is 0.286 e. The van der Waals surface area contributed by atoms with Crippen LogP contribution in [-0.2, 0) is 0 Å². The molecule has 0 aliphatic carbocycles. The normalized spacial score (nSPS) is 18.4. The van der Waals surface area contributed by atoms with E-state index < -0.39 is 0 Å². The van der Waals surface area contributed by atoms with E-state index in [2.05, 4.69) is 20.8 Å². The average molecular weight is 323 g/mol. The molecule has 2 heterocycles. The zero-order valence-corrected chi connectivity index (χ0v) is 12.9. The van der Waals surface area contributed by atoms with Crippen molar-refractivity contribution in [2.24, 2.45) is 0 Å². The number of carbonyl (C=O) groups is 1. The van der Waals surface area contributed by atoms with Gasteiger partial charge < -0.3 is 10.6 Å². The molecule has 2 aromatic rings. The van der Waals surface area contributed by atoms with Crippen molar-refractivity contribution >= 4 is 34.5 Å². The number of rotatable bonds is 3. The van der Waals surface area contributed by atoms with Crippen molar-refractivity contribution in [3.8, 4) is 0 Å². The molecule has 1 aliphatic rings. The lowest BCUT2D eigenvalue weighted by Gasteiger charge is -2.19. The maximum absolute atomic E-state index is 12.2. The van der Waals surface area contributed by atoms with Gasteiger partial charge in [-0.1, -0.05) is 29.0 Å². The Morgan fingerprint density at radius 1 is 1.43 bits per heavy atom. The Balaban J connectivity index is 1.69. The van der Waals surface area contributed by atoms with E-state index in [9.17, 15) is 4.79 Å². The summed E-state index contributed by atoms with van der Waals surface area (Å²) < 4.78 is 0. The second-order valence-electron chi connectivity index (χ2n) is 4.95. The standard InChI is InChI=1S/C14H15ClN4OS/c15-10-4-1-5-11(7-10)17-12(20)14-19-18-13(21-14)9-3-2-6-16-8-9/h1,4-5,7,9,16H,2-3,6,8H2,(H,17,20)/t9-/m0/s1. The second-order valence-corrected chi connectivity index (χ2v) is 6.40. The molecule has 110 valence electrons. The van der Waals surface area contributed by atoms with Gasteiger partial charge in [0.15, 0.2) is 0 Å². The van der Waals surface area contributed by atoms with Crippen molar-refractivity contribution in [1.82, 2.24) is 15.5 Å². The molecule has 5 nitrogen and oxygen atoms in total. The zero-order chi connectivity index (χ0) is 14.7. The molecular weight excluding hydrogens is 308 g/mol. The molecule has 0 saturated carbocycles. The predicted molar refractivity (Wildman–Crippen MR) is 84.2 cm³/mol. The Morgan fingerprint density at radius 3 is 3.10 bits per heavy atom. The molecule has 7 heteroatoms. The Kier molecular flexibility index (Phi) is 4.48. The Bertz CT molecular complexity index is 639. The quantitative estimate of drug-likeness (QED) is 0.911. The van der Waals surface area contributed by atoms with Gasteiger partial charge in [-0.15, -0.1) is 10.2 Å². The molecule has 21 heavy (non-hydrogen) atoms. The Hall–Kier alpha value is -1.50. The van der Waals surface area contributed by atoms with Gasteiger partial charge in [0.2, 0.25) is 5.01 Å². The molecule has 3 rings (SSSR count). The van der Waals surface area contributed by atoms with Gasteiger partial charge in [0, 0.05) is 23.2 Å². The summed E-state index contributed by atoms with van der Waals surface area (Å²) in [5, 5.41) is 16.2. The van der Waals surface area contributed by atoms with E-state index >= 15 is 0 Å². The van der Waals surface area contributed by atoms with Gasteiger partial charge in [-0.2, -0.15) is 0 Å². The fourth-order valence-corrected chi connectivity index (χ4v) is 3.37. The molecule has 0 bridgehead atoms. The minimum absolute atomic E-state index is 0.246. The van der Waals surface area contributed by atoms with Gasteiger partial charge in [0.25, 0.3) is 5.91 Å².